The molecule has 4 aromatic rings. The first-order valence-electron chi connectivity index (χ1n) is 13.5. The number of nitrogens with zero attached hydrogens (tertiary/aromatic N) is 1. The number of ether oxygens (including phenoxy) is 2. The molecular formula is C32H27BrN4O7. The maximum absolute atomic E-state index is 13.2. The Hall–Kier alpha value is -4.91. The minimum Gasteiger partial charge on any atom is -0.480 e. The zero-order valence-electron chi connectivity index (χ0n) is 23.1. The highest BCUT2D eigenvalue weighted by atomic mass is 79.9. The zero-order valence-corrected chi connectivity index (χ0v) is 24.7. The van der Waals surface area contributed by atoms with E-state index in [9.17, 15) is 24.3 Å². The Morgan fingerprint density at radius 2 is 1.50 bits per heavy atom. The lowest BCUT2D eigenvalue weighted by Gasteiger charge is -2.20. The van der Waals surface area contributed by atoms with Crippen LogP contribution < -0.4 is 16.0 Å². The summed E-state index contributed by atoms with van der Waals surface area (Å²) in [5, 5.41) is 17.8. The lowest BCUT2D eigenvalue weighted by molar-refractivity contribution is -0.144. The second kappa shape index (κ2) is 14.0. The van der Waals surface area contributed by atoms with E-state index in [4.69, 9.17) is 9.47 Å². The molecule has 1 saturated heterocycles. The molecule has 2 heterocycles. The van der Waals surface area contributed by atoms with Crippen molar-refractivity contribution in [3.8, 4) is 11.1 Å². The van der Waals surface area contributed by atoms with Crippen molar-refractivity contribution in [2.75, 3.05) is 17.4 Å². The molecule has 0 aliphatic carbocycles. The van der Waals surface area contributed by atoms with Crippen LogP contribution in [0.15, 0.2) is 102 Å². The number of rotatable bonds is 10. The summed E-state index contributed by atoms with van der Waals surface area (Å²) < 4.78 is 11.3. The van der Waals surface area contributed by atoms with Crippen molar-refractivity contribution >= 4 is 51.0 Å². The molecular weight excluding hydrogens is 632 g/mol. The van der Waals surface area contributed by atoms with Crippen molar-refractivity contribution < 1.29 is 33.8 Å². The number of aliphatic carboxylic acids is 1. The van der Waals surface area contributed by atoms with Gasteiger partial charge in [0, 0.05) is 23.4 Å². The molecule has 11 nitrogen and oxygen atoms in total. The molecule has 1 aliphatic heterocycles. The van der Waals surface area contributed by atoms with Crippen molar-refractivity contribution in [1.82, 2.24) is 10.3 Å². The van der Waals surface area contributed by atoms with Gasteiger partial charge in [-0.2, -0.15) is 0 Å². The summed E-state index contributed by atoms with van der Waals surface area (Å²) in [6, 6.07) is 26.9. The van der Waals surface area contributed by atoms with Crippen LogP contribution in [0.1, 0.15) is 16.1 Å². The SMILES string of the molecule is O=C(Nc1ccc(CC(NC(=O)C2OCOC2C(=O)Nc2ccccc2-c2ccccc2)C(=O)O)cc1)c1cccc(Br)n1. The van der Waals surface area contributed by atoms with Gasteiger partial charge in [-0.05, 0) is 57.4 Å². The monoisotopic (exact) mass is 658 g/mol. The first-order chi connectivity index (χ1) is 21.3. The minimum absolute atomic E-state index is 0.0582. The molecule has 3 aromatic carbocycles. The van der Waals surface area contributed by atoms with Crippen LogP contribution in [-0.2, 0) is 30.3 Å². The maximum atomic E-state index is 13.2. The van der Waals surface area contributed by atoms with E-state index in [-0.39, 0.29) is 18.9 Å². The van der Waals surface area contributed by atoms with Gasteiger partial charge in [0.15, 0.2) is 12.2 Å². The second-order valence-electron chi connectivity index (χ2n) is 9.79. The quantitative estimate of drug-likeness (QED) is 0.184. The topological polar surface area (TPSA) is 156 Å². The van der Waals surface area contributed by atoms with Crippen molar-refractivity contribution in [3.05, 3.63) is 113 Å². The molecule has 0 radical (unpaired) electrons. The molecule has 1 fully saturated rings. The van der Waals surface area contributed by atoms with Crippen LogP contribution in [0.4, 0.5) is 11.4 Å². The number of carboxylic acid groups (broad SMARTS) is 1. The Balaban J connectivity index is 1.21. The van der Waals surface area contributed by atoms with Gasteiger partial charge >= 0.3 is 5.97 Å². The van der Waals surface area contributed by atoms with E-state index >= 15 is 0 Å². The van der Waals surface area contributed by atoms with Gasteiger partial charge in [0.05, 0.1) is 0 Å². The number of halogens is 1. The Kier molecular flexibility index (Phi) is 9.75. The third kappa shape index (κ3) is 7.53. The van der Waals surface area contributed by atoms with Gasteiger partial charge in [0.1, 0.15) is 23.1 Å². The van der Waals surface area contributed by atoms with Crippen molar-refractivity contribution in [1.29, 1.82) is 0 Å². The Morgan fingerprint density at radius 1 is 0.818 bits per heavy atom. The molecule has 3 amide bonds. The maximum Gasteiger partial charge on any atom is 0.326 e. The van der Waals surface area contributed by atoms with E-state index < -0.39 is 41.9 Å². The average molecular weight is 659 g/mol. The van der Waals surface area contributed by atoms with Crippen LogP contribution in [0, 0.1) is 0 Å². The normalized spacial score (nSPS) is 16.5. The summed E-state index contributed by atoms with van der Waals surface area (Å²) in [7, 11) is 0. The van der Waals surface area contributed by atoms with Crippen molar-refractivity contribution in [2.24, 2.45) is 0 Å². The third-order valence-corrected chi connectivity index (χ3v) is 7.21. The minimum atomic E-state index is -1.36. The molecule has 3 atom stereocenters. The van der Waals surface area contributed by atoms with Crippen LogP contribution in [0.3, 0.4) is 0 Å². The van der Waals surface area contributed by atoms with Gasteiger partial charge < -0.3 is 30.5 Å². The predicted octanol–water partition coefficient (Wildman–Crippen LogP) is 4.26. The van der Waals surface area contributed by atoms with Crippen LogP contribution in [0.2, 0.25) is 0 Å². The lowest BCUT2D eigenvalue weighted by atomic mass is 10.0. The van der Waals surface area contributed by atoms with Crippen LogP contribution in [-0.4, -0.2) is 58.8 Å². The molecule has 0 spiro atoms. The number of carbonyl (C=O) groups is 4. The number of aromatic nitrogens is 1. The molecule has 3 unspecified atom stereocenters. The van der Waals surface area contributed by atoms with Crippen LogP contribution in [0.5, 0.6) is 0 Å². The van der Waals surface area contributed by atoms with Gasteiger partial charge in [-0.15, -0.1) is 0 Å². The van der Waals surface area contributed by atoms with E-state index in [0.717, 1.165) is 11.1 Å². The van der Waals surface area contributed by atoms with Gasteiger partial charge in [-0.25, -0.2) is 9.78 Å². The summed E-state index contributed by atoms with van der Waals surface area (Å²) >= 11 is 3.23. The number of nitrogens with one attached hydrogen (secondary N) is 3. The van der Waals surface area contributed by atoms with E-state index in [1.165, 1.54) is 0 Å². The molecule has 1 aromatic heterocycles. The number of benzene rings is 3. The van der Waals surface area contributed by atoms with Crippen molar-refractivity contribution in [2.45, 2.75) is 24.7 Å². The van der Waals surface area contributed by atoms with Gasteiger partial charge in [-0.3, -0.25) is 14.4 Å². The van der Waals surface area contributed by atoms with Gasteiger partial charge in [-0.1, -0.05) is 66.7 Å². The largest absolute Gasteiger partial charge is 0.480 e. The average Bonchev–Trinajstić information content (AvgIpc) is 3.53. The Morgan fingerprint density at radius 3 is 2.20 bits per heavy atom. The summed E-state index contributed by atoms with van der Waals surface area (Å²) in [6.45, 7) is -0.309. The standard InChI is InChI=1S/C32H27BrN4O7/c33-26-12-6-11-24(35-26)29(38)34-21-15-13-19(14-16-21)17-25(32(41)42)37-31(40)28-27(43-18-44-28)30(39)36-23-10-5-4-9-22(23)20-7-2-1-3-8-20/h1-16,25,27-28H,17-18H2,(H,34,38)(H,36,39)(H,37,40)(H,41,42). The number of carboxylic acids is 1. The number of amides is 3. The Labute approximate surface area is 260 Å². The summed E-state index contributed by atoms with van der Waals surface area (Å²) in [5.41, 5.74) is 3.49. The molecule has 12 heteroatoms. The number of pyridine rings is 1. The summed E-state index contributed by atoms with van der Waals surface area (Å²) in [6.07, 6.45) is -2.71. The molecule has 0 saturated carbocycles. The van der Waals surface area contributed by atoms with Gasteiger partial charge in [0.25, 0.3) is 17.7 Å². The van der Waals surface area contributed by atoms with E-state index in [1.807, 2.05) is 42.5 Å². The molecule has 4 N–H and O–H groups in total. The first kappa shape index (κ1) is 30.5. The van der Waals surface area contributed by atoms with Crippen molar-refractivity contribution in [3.63, 3.8) is 0 Å². The number of para-hydroxylation sites is 1. The number of anilines is 2. The fourth-order valence-corrected chi connectivity index (χ4v) is 4.94. The van der Waals surface area contributed by atoms with E-state index in [1.54, 1.807) is 54.6 Å². The molecule has 5 rings (SSSR count). The van der Waals surface area contributed by atoms with Crippen LogP contribution in [0.25, 0.3) is 11.1 Å². The smallest absolute Gasteiger partial charge is 0.326 e. The van der Waals surface area contributed by atoms with E-state index in [2.05, 4.69) is 36.9 Å². The third-order valence-electron chi connectivity index (χ3n) is 6.77. The molecule has 224 valence electrons. The first-order valence-corrected chi connectivity index (χ1v) is 14.3. The molecule has 0 bridgehead atoms. The highest BCUT2D eigenvalue weighted by Crippen LogP contribution is 2.28. The Bertz CT molecular complexity index is 1670. The lowest BCUT2D eigenvalue weighted by Crippen LogP contribution is -2.51. The summed E-state index contributed by atoms with van der Waals surface area (Å²) in [5.74, 6) is -3.07. The van der Waals surface area contributed by atoms with Crippen LogP contribution >= 0.6 is 15.9 Å². The highest BCUT2D eigenvalue weighted by molar-refractivity contribution is 9.10. The molecule has 44 heavy (non-hydrogen) atoms. The predicted molar refractivity (Wildman–Crippen MR) is 165 cm³/mol. The second-order valence-corrected chi connectivity index (χ2v) is 10.6. The number of hydrogen-bond donors (Lipinski definition) is 4. The van der Waals surface area contributed by atoms with E-state index in [0.29, 0.717) is 21.5 Å². The van der Waals surface area contributed by atoms with Gasteiger partial charge in [0.2, 0.25) is 0 Å². The zero-order chi connectivity index (χ0) is 31.1. The number of hydrogen-bond acceptors (Lipinski definition) is 7. The summed E-state index contributed by atoms with van der Waals surface area (Å²) in [4.78, 5) is 54.9. The fourth-order valence-electron chi connectivity index (χ4n) is 4.60. The fraction of sp³-hybridized carbons (Fsp3) is 0.156. The highest BCUT2D eigenvalue weighted by Gasteiger charge is 2.42. The molecule has 1 aliphatic rings. The number of carbonyl (C=O) groups excluding carboxylic acids is 3.